The van der Waals surface area contributed by atoms with Crippen LogP contribution >= 0.6 is 0 Å². The van der Waals surface area contributed by atoms with Crippen molar-refractivity contribution in [1.29, 1.82) is 0 Å². The lowest BCUT2D eigenvalue weighted by Gasteiger charge is -2.24. The molecule has 0 unspecified atom stereocenters. The molecule has 31 heavy (non-hydrogen) atoms. The molecule has 0 aliphatic carbocycles. The van der Waals surface area contributed by atoms with Crippen LogP contribution < -0.4 is 4.74 Å². The first-order valence-corrected chi connectivity index (χ1v) is 10.1. The Hall–Kier alpha value is -3.47. The first-order valence-electron chi connectivity index (χ1n) is 10.1. The van der Waals surface area contributed by atoms with E-state index < -0.39 is 11.6 Å². The van der Waals surface area contributed by atoms with Crippen LogP contribution in [-0.2, 0) is 4.79 Å². The van der Waals surface area contributed by atoms with Crippen molar-refractivity contribution >= 4 is 28.2 Å². The van der Waals surface area contributed by atoms with Gasteiger partial charge in [-0.25, -0.2) is 4.79 Å². The molecule has 5 nitrogen and oxygen atoms in total. The van der Waals surface area contributed by atoms with Gasteiger partial charge in [0.05, 0.1) is 5.52 Å². The van der Waals surface area contributed by atoms with Crippen molar-refractivity contribution in [2.24, 2.45) is 0 Å². The van der Waals surface area contributed by atoms with Gasteiger partial charge in [0.2, 0.25) is 0 Å². The highest BCUT2D eigenvalue weighted by Crippen LogP contribution is 2.31. The van der Waals surface area contributed by atoms with Gasteiger partial charge in [-0.2, -0.15) is 0 Å². The number of rotatable bonds is 6. The second-order valence-corrected chi connectivity index (χ2v) is 8.36. The molecule has 0 bridgehead atoms. The number of carboxylic acids is 1. The van der Waals surface area contributed by atoms with E-state index in [1.807, 2.05) is 70.2 Å². The van der Waals surface area contributed by atoms with E-state index in [-0.39, 0.29) is 5.78 Å². The molecule has 0 atom stereocenters. The minimum Gasteiger partial charge on any atom is -0.478 e. The summed E-state index contributed by atoms with van der Waals surface area (Å²) in [5, 5.41) is 10.3. The summed E-state index contributed by atoms with van der Waals surface area (Å²) in [6, 6.07) is 13.4. The molecule has 0 aliphatic heterocycles. The second kappa shape index (κ2) is 8.34. The summed E-state index contributed by atoms with van der Waals surface area (Å²) >= 11 is 0. The summed E-state index contributed by atoms with van der Waals surface area (Å²) in [5.41, 5.74) is 4.13. The fourth-order valence-corrected chi connectivity index (χ4v) is 3.46. The highest BCUT2D eigenvalue weighted by atomic mass is 16.5. The third-order valence-electron chi connectivity index (χ3n) is 5.32. The lowest BCUT2D eigenvalue weighted by atomic mass is 9.97. The number of carbonyl (C=O) groups excluding carboxylic acids is 1. The molecule has 0 amide bonds. The number of aryl methyl sites for hydroxylation is 3. The number of para-hydroxylation sites is 1. The van der Waals surface area contributed by atoms with Crippen molar-refractivity contribution in [1.82, 2.24) is 4.98 Å². The molecule has 0 fully saturated rings. The first kappa shape index (κ1) is 22.2. The summed E-state index contributed by atoms with van der Waals surface area (Å²) in [4.78, 5) is 28.9. The van der Waals surface area contributed by atoms with E-state index in [1.54, 1.807) is 6.08 Å². The summed E-state index contributed by atoms with van der Waals surface area (Å²) in [6.07, 6.45) is 1.62. The molecule has 3 aromatic rings. The molecule has 0 spiro atoms. The minimum absolute atomic E-state index is 0.101. The molecule has 1 N–H and O–H groups in total. The molecule has 0 saturated heterocycles. The Morgan fingerprint density at radius 3 is 2.26 bits per heavy atom. The van der Waals surface area contributed by atoms with E-state index >= 15 is 0 Å². The zero-order valence-corrected chi connectivity index (χ0v) is 18.7. The molecular weight excluding hydrogens is 390 g/mol. The zero-order chi connectivity index (χ0) is 22.9. The van der Waals surface area contributed by atoms with Crippen LogP contribution in [0, 0.1) is 20.8 Å². The Balaban J connectivity index is 1.94. The molecule has 0 saturated carbocycles. The average Bonchev–Trinajstić information content (AvgIpc) is 2.69. The number of ether oxygens (including phenoxy) is 1. The van der Waals surface area contributed by atoms with Crippen LogP contribution in [0.4, 0.5) is 0 Å². The van der Waals surface area contributed by atoms with Crippen LogP contribution in [0.2, 0.25) is 0 Å². The van der Waals surface area contributed by atoms with Crippen LogP contribution in [0.15, 0.2) is 48.5 Å². The van der Waals surface area contributed by atoms with Crippen molar-refractivity contribution in [2.75, 3.05) is 0 Å². The molecule has 0 radical (unpaired) electrons. The molecule has 0 aliphatic rings. The molecule has 2 aromatic carbocycles. The maximum Gasteiger partial charge on any atom is 0.347 e. The lowest BCUT2D eigenvalue weighted by Crippen LogP contribution is -2.38. The number of ketones is 1. The normalized spacial score (nSPS) is 12.1. The highest BCUT2D eigenvalue weighted by Gasteiger charge is 2.30. The zero-order valence-electron chi connectivity index (χ0n) is 18.7. The van der Waals surface area contributed by atoms with Gasteiger partial charge in [0.15, 0.2) is 11.4 Å². The molecule has 1 aromatic heterocycles. The number of carbonyl (C=O) groups is 2. The predicted octanol–water partition coefficient (Wildman–Crippen LogP) is 5.69. The van der Waals surface area contributed by atoms with Gasteiger partial charge in [0.1, 0.15) is 5.75 Å². The molecule has 3 rings (SSSR count). The van der Waals surface area contributed by atoms with Gasteiger partial charge in [-0.1, -0.05) is 18.2 Å². The first-order chi connectivity index (χ1) is 14.5. The molecule has 1 heterocycles. The summed E-state index contributed by atoms with van der Waals surface area (Å²) in [7, 11) is 0. The monoisotopic (exact) mass is 417 g/mol. The van der Waals surface area contributed by atoms with Gasteiger partial charge >= 0.3 is 5.97 Å². The number of aliphatic carboxylic acids is 1. The number of fused-ring (bicyclic) bond motifs is 1. The standard InChI is InChI=1S/C26H27NO4/c1-15(13-23(28)21-14-19-9-7-8-10-22(19)27-18(21)4)20-11-16(2)24(17(3)12-20)31-26(5,6)25(29)30/h7-14H,1-6H3,(H,29,30)/b15-13+. The lowest BCUT2D eigenvalue weighted by molar-refractivity contribution is -0.152. The average molecular weight is 418 g/mol. The van der Waals surface area contributed by atoms with Gasteiger partial charge in [-0.15, -0.1) is 0 Å². The van der Waals surface area contributed by atoms with E-state index in [0.29, 0.717) is 17.0 Å². The van der Waals surface area contributed by atoms with Gasteiger partial charge in [-0.05, 0) is 94.1 Å². The van der Waals surface area contributed by atoms with Crippen LogP contribution in [0.3, 0.4) is 0 Å². The number of allylic oxidation sites excluding steroid dienone is 2. The Bertz CT molecular complexity index is 1200. The topological polar surface area (TPSA) is 76.5 Å². The number of aromatic nitrogens is 1. The fourth-order valence-electron chi connectivity index (χ4n) is 3.46. The number of benzene rings is 2. The summed E-state index contributed by atoms with van der Waals surface area (Å²) in [5.74, 6) is -0.586. The third kappa shape index (κ3) is 4.66. The third-order valence-corrected chi connectivity index (χ3v) is 5.32. The Kier molecular flexibility index (Phi) is 5.98. The van der Waals surface area contributed by atoms with E-state index in [1.165, 1.54) is 13.8 Å². The van der Waals surface area contributed by atoms with Crippen molar-refractivity contribution in [3.05, 3.63) is 76.5 Å². The summed E-state index contributed by atoms with van der Waals surface area (Å²) in [6.45, 7) is 10.5. The Morgan fingerprint density at radius 2 is 1.65 bits per heavy atom. The van der Waals surface area contributed by atoms with E-state index in [0.717, 1.165) is 33.2 Å². The SMILES string of the molecule is C/C(=C\C(=O)c1cc2ccccc2nc1C)c1cc(C)c(OC(C)(C)C(=O)O)c(C)c1. The number of carboxylic acid groups (broad SMARTS) is 1. The largest absolute Gasteiger partial charge is 0.478 e. The number of hydrogen-bond donors (Lipinski definition) is 1. The predicted molar refractivity (Wildman–Crippen MR) is 123 cm³/mol. The van der Waals surface area contributed by atoms with Crippen LogP contribution in [0.1, 0.15) is 53.5 Å². The molecular formula is C26H27NO4. The maximum absolute atomic E-state index is 13.0. The Labute approximate surface area is 182 Å². The van der Waals surface area contributed by atoms with Gasteiger partial charge < -0.3 is 9.84 Å². The second-order valence-electron chi connectivity index (χ2n) is 8.36. The molecule has 5 heteroatoms. The number of pyridine rings is 1. The van der Waals surface area contributed by atoms with E-state index in [4.69, 9.17) is 4.74 Å². The van der Waals surface area contributed by atoms with Crippen molar-refractivity contribution in [3.63, 3.8) is 0 Å². The fraction of sp³-hybridized carbons (Fsp3) is 0.269. The van der Waals surface area contributed by atoms with Gasteiger partial charge in [-0.3, -0.25) is 9.78 Å². The van der Waals surface area contributed by atoms with Crippen molar-refractivity contribution in [3.8, 4) is 5.75 Å². The van der Waals surface area contributed by atoms with Crippen molar-refractivity contribution in [2.45, 2.75) is 47.1 Å². The van der Waals surface area contributed by atoms with E-state index in [9.17, 15) is 14.7 Å². The van der Waals surface area contributed by atoms with Crippen LogP contribution in [0.25, 0.3) is 16.5 Å². The van der Waals surface area contributed by atoms with E-state index in [2.05, 4.69) is 4.98 Å². The Morgan fingerprint density at radius 1 is 1.03 bits per heavy atom. The molecule has 160 valence electrons. The summed E-state index contributed by atoms with van der Waals surface area (Å²) < 4.78 is 5.77. The van der Waals surface area contributed by atoms with Crippen LogP contribution in [0.5, 0.6) is 5.75 Å². The van der Waals surface area contributed by atoms with Gasteiger partial charge in [0, 0.05) is 16.6 Å². The smallest absolute Gasteiger partial charge is 0.347 e. The van der Waals surface area contributed by atoms with Gasteiger partial charge in [0.25, 0.3) is 0 Å². The van der Waals surface area contributed by atoms with Crippen LogP contribution in [-0.4, -0.2) is 27.4 Å². The maximum atomic E-state index is 13.0. The highest BCUT2D eigenvalue weighted by molar-refractivity contribution is 6.10. The number of hydrogen-bond acceptors (Lipinski definition) is 4. The quantitative estimate of drug-likeness (QED) is 0.412. The minimum atomic E-state index is -1.33. The van der Waals surface area contributed by atoms with Crippen molar-refractivity contribution < 1.29 is 19.4 Å². The number of nitrogens with zero attached hydrogens (tertiary/aromatic N) is 1.